The normalized spacial score (nSPS) is 11.6. The zero-order valence-corrected chi connectivity index (χ0v) is 21.4. The summed E-state index contributed by atoms with van der Waals surface area (Å²) in [5, 5.41) is 4.69. The van der Waals surface area contributed by atoms with Gasteiger partial charge in [-0.1, -0.05) is 41.4 Å². The summed E-state index contributed by atoms with van der Waals surface area (Å²) in [4.78, 5) is 12.9. The van der Waals surface area contributed by atoms with Gasteiger partial charge in [0, 0.05) is 11.1 Å². The van der Waals surface area contributed by atoms with Crippen molar-refractivity contribution in [1.29, 1.82) is 0 Å². The summed E-state index contributed by atoms with van der Waals surface area (Å²) in [6.45, 7) is 3.07. The smallest absolute Gasteiger partial charge is 0.264 e. The number of halogens is 1. The topological polar surface area (TPSA) is 97.3 Å². The molecule has 1 amide bonds. The highest BCUT2D eigenvalue weighted by Gasteiger charge is 2.28. The quantitative estimate of drug-likeness (QED) is 0.336. The number of nitrogens with one attached hydrogen (secondary N) is 1. The number of aryl methyl sites for hydroxylation is 1. The van der Waals surface area contributed by atoms with Gasteiger partial charge in [0.1, 0.15) is 6.54 Å². The molecule has 3 aromatic carbocycles. The van der Waals surface area contributed by atoms with Crippen molar-refractivity contribution in [2.75, 3.05) is 25.1 Å². The van der Waals surface area contributed by atoms with Crippen LogP contribution in [0.5, 0.6) is 11.5 Å². The van der Waals surface area contributed by atoms with Gasteiger partial charge in [-0.25, -0.2) is 13.8 Å². The predicted octanol–water partition coefficient (Wildman–Crippen LogP) is 4.40. The molecule has 35 heavy (non-hydrogen) atoms. The zero-order valence-electron chi connectivity index (χ0n) is 19.8. The molecule has 0 unspecified atom stereocenters. The van der Waals surface area contributed by atoms with Gasteiger partial charge in [-0.05, 0) is 55.8 Å². The van der Waals surface area contributed by atoms with Gasteiger partial charge in [-0.15, -0.1) is 0 Å². The highest BCUT2D eigenvalue weighted by atomic mass is 35.5. The van der Waals surface area contributed by atoms with Crippen LogP contribution in [0.15, 0.2) is 76.7 Å². The molecule has 0 atom stereocenters. The van der Waals surface area contributed by atoms with Crippen LogP contribution in [0.4, 0.5) is 5.69 Å². The second-order valence-electron chi connectivity index (χ2n) is 7.60. The first-order valence-corrected chi connectivity index (χ1v) is 12.4. The van der Waals surface area contributed by atoms with Crippen LogP contribution in [-0.2, 0) is 14.8 Å². The number of carbonyl (C=O) groups excluding carboxylic acids is 1. The minimum Gasteiger partial charge on any atom is -0.493 e. The molecule has 0 aromatic heterocycles. The van der Waals surface area contributed by atoms with Crippen LogP contribution >= 0.6 is 11.6 Å². The second kappa shape index (κ2) is 11.2. The van der Waals surface area contributed by atoms with Crippen LogP contribution in [0.2, 0.25) is 5.02 Å². The SMILES string of the molecule is COc1ccc(N(CC(=O)N/N=C(/C)c2ccc(Cl)cc2)S(=O)(=O)c2ccc(C)cc2)cc1OC. The van der Waals surface area contributed by atoms with Crippen molar-refractivity contribution < 1.29 is 22.7 Å². The number of hydrogen-bond acceptors (Lipinski definition) is 6. The third-order valence-corrected chi connectivity index (χ3v) is 7.20. The number of hydrazone groups is 1. The fourth-order valence-electron chi connectivity index (χ4n) is 3.20. The first-order chi connectivity index (χ1) is 16.6. The lowest BCUT2D eigenvalue weighted by Gasteiger charge is -2.24. The van der Waals surface area contributed by atoms with Crippen molar-refractivity contribution in [1.82, 2.24) is 5.43 Å². The van der Waals surface area contributed by atoms with E-state index < -0.39 is 22.5 Å². The monoisotopic (exact) mass is 515 g/mol. The lowest BCUT2D eigenvalue weighted by Crippen LogP contribution is -2.39. The molecule has 10 heteroatoms. The summed E-state index contributed by atoms with van der Waals surface area (Å²) in [5.74, 6) is 0.131. The molecule has 0 aliphatic heterocycles. The number of nitrogens with zero attached hydrogens (tertiary/aromatic N) is 2. The minimum absolute atomic E-state index is 0.0477. The third-order valence-electron chi connectivity index (χ3n) is 5.16. The number of sulfonamides is 1. The fourth-order valence-corrected chi connectivity index (χ4v) is 4.74. The van der Waals surface area contributed by atoms with Crippen LogP contribution in [0.25, 0.3) is 0 Å². The molecule has 8 nitrogen and oxygen atoms in total. The average molecular weight is 516 g/mol. The van der Waals surface area contributed by atoms with E-state index in [2.05, 4.69) is 10.5 Å². The summed E-state index contributed by atoms with van der Waals surface area (Å²) < 4.78 is 38.7. The molecular formula is C25H26ClN3O5S. The number of ether oxygens (including phenoxy) is 2. The number of rotatable bonds is 9. The Bertz CT molecular complexity index is 1320. The summed E-state index contributed by atoms with van der Waals surface area (Å²) >= 11 is 5.91. The Kier molecular flexibility index (Phi) is 8.37. The molecule has 0 saturated heterocycles. The van der Waals surface area contributed by atoms with Crippen molar-refractivity contribution in [2.24, 2.45) is 5.10 Å². The van der Waals surface area contributed by atoms with Gasteiger partial charge in [0.2, 0.25) is 0 Å². The second-order valence-corrected chi connectivity index (χ2v) is 9.90. The summed E-state index contributed by atoms with van der Waals surface area (Å²) in [5.41, 5.74) is 4.87. The van der Waals surface area contributed by atoms with Crippen molar-refractivity contribution >= 4 is 38.9 Å². The number of carbonyl (C=O) groups is 1. The first-order valence-electron chi connectivity index (χ1n) is 10.6. The van der Waals surface area contributed by atoms with E-state index in [1.807, 2.05) is 6.92 Å². The lowest BCUT2D eigenvalue weighted by molar-refractivity contribution is -0.119. The molecule has 0 aliphatic carbocycles. The van der Waals surface area contributed by atoms with Crippen molar-refractivity contribution in [2.45, 2.75) is 18.7 Å². The van der Waals surface area contributed by atoms with E-state index in [0.29, 0.717) is 22.2 Å². The van der Waals surface area contributed by atoms with Crippen molar-refractivity contribution in [3.05, 3.63) is 82.9 Å². The van der Waals surface area contributed by atoms with Crippen LogP contribution in [-0.4, -0.2) is 40.8 Å². The maximum absolute atomic E-state index is 13.6. The largest absolute Gasteiger partial charge is 0.493 e. The van der Waals surface area contributed by atoms with Gasteiger partial charge >= 0.3 is 0 Å². The van der Waals surface area contributed by atoms with Gasteiger partial charge in [-0.3, -0.25) is 9.10 Å². The molecule has 0 heterocycles. The van der Waals surface area contributed by atoms with Gasteiger partial charge in [0.25, 0.3) is 15.9 Å². The van der Waals surface area contributed by atoms with Crippen LogP contribution < -0.4 is 19.2 Å². The molecule has 3 aromatic rings. The maximum Gasteiger partial charge on any atom is 0.264 e. The zero-order chi connectivity index (χ0) is 25.6. The average Bonchev–Trinajstić information content (AvgIpc) is 2.86. The number of benzene rings is 3. The van der Waals surface area contributed by atoms with E-state index in [1.54, 1.807) is 55.5 Å². The standard InChI is InChI=1S/C25H26ClN3O5S/c1-17-5-12-22(13-6-17)35(31,32)29(21-11-14-23(33-3)24(15-21)34-4)16-25(30)28-27-18(2)19-7-9-20(26)10-8-19/h5-15H,16H2,1-4H3,(H,28,30)/b27-18-. The summed E-state index contributed by atoms with van der Waals surface area (Å²) in [7, 11) is -1.17. The predicted molar refractivity (Wildman–Crippen MR) is 137 cm³/mol. The highest BCUT2D eigenvalue weighted by molar-refractivity contribution is 7.92. The van der Waals surface area contributed by atoms with Gasteiger partial charge in [0.05, 0.1) is 30.5 Å². The van der Waals surface area contributed by atoms with Gasteiger partial charge < -0.3 is 9.47 Å². The Morgan fingerprint density at radius 3 is 2.20 bits per heavy atom. The third kappa shape index (κ3) is 6.32. The number of methoxy groups -OCH3 is 2. The van der Waals surface area contributed by atoms with E-state index in [0.717, 1.165) is 15.4 Å². The van der Waals surface area contributed by atoms with Crippen molar-refractivity contribution in [3.63, 3.8) is 0 Å². The number of hydrogen-bond donors (Lipinski definition) is 1. The van der Waals surface area contributed by atoms with Gasteiger partial charge in [0.15, 0.2) is 11.5 Å². The Balaban J connectivity index is 1.93. The molecular weight excluding hydrogens is 490 g/mol. The molecule has 0 fully saturated rings. The molecule has 3 rings (SSSR count). The van der Waals surface area contributed by atoms with E-state index in [-0.39, 0.29) is 10.6 Å². The van der Waals surface area contributed by atoms with Crippen LogP contribution in [0.3, 0.4) is 0 Å². The van der Waals surface area contributed by atoms with E-state index >= 15 is 0 Å². The minimum atomic E-state index is -4.09. The number of amides is 1. The molecule has 0 spiro atoms. The number of anilines is 1. The highest BCUT2D eigenvalue weighted by Crippen LogP contribution is 2.33. The molecule has 1 N–H and O–H groups in total. The van der Waals surface area contributed by atoms with E-state index in [9.17, 15) is 13.2 Å². The lowest BCUT2D eigenvalue weighted by atomic mass is 10.1. The Morgan fingerprint density at radius 2 is 1.60 bits per heavy atom. The van der Waals surface area contributed by atoms with Crippen LogP contribution in [0.1, 0.15) is 18.1 Å². The Morgan fingerprint density at radius 1 is 0.971 bits per heavy atom. The molecule has 0 aliphatic rings. The van der Waals surface area contributed by atoms with Crippen molar-refractivity contribution in [3.8, 4) is 11.5 Å². The molecule has 184 valence electrons. The Labute approximate surface area is 210 Å². The van der Waals surface area contributed by atoms with Crippen LogP contribution in [0, 0.1) is 6.92 Å². The Hall–Kier alpha value is -3.56. The first kappa shape index (κ1) is 26.1. The fraction of sp³-hybridized carbons (Fsp3) is 0.200. The molecule has 0 saturated carbocycles. The maximum atomic E-state index is 13.6. The molecule has 0 radical (unpaired) electrons. The van der Waals surface area contributed by atoms with E-state index in [1.165, 1.54) is 32.4 Å². The van der Waals surface area contributed by atoms with E-state index in [4.69, 9.17) is 21.1 Å². The van der Waals surface area contributed by atoms with Gasteiger partial charge in [-0.2, -0.15) is 5.10 Å². The molecule has 0 bridgehead atoms. The summed E-state index contributed by atoms with van der Waals surface area (Å²) in [6, 6.07) is 18.0. The summed E-state index contributed by atoms with van der Waals surface area (Å²) in [6.07, 6.45) is 0.